The van der Waals surface area contributed by atoms with Crippen molar-refractivity contribution in [1.82, 2.24) is 5.32 Å². The van der Waals surface area contributed by atoms with Gasteiger partial charge in [-0.3, -0.25) is 0 Å². The van der Waals surface area contributed by atoms with Crippen molar-refractivity contribution in [3.8, 4) is 16.9 Å². The summed E-state index contributed by atoms with van der Waals surface area (Å²) in [5.74, 6) is 0.922. The van der Waals surface area contributed by atoms with Gasteiger partial charge in [0.2, 0.25) is 0 Å². The van der Waals surface area contributed by atoms with Crippen LogP contribution in [0.15, 0.2) is 71.2 Å². The van der Waals surface area contributed by atoms with E-state index in [1.54, 1.807) is 0 Å². The fourth-order valence-electron chi connectivity index (χ4n) is 3.55. The molecular weight excluding hydrogens is 478 g/mol. The van der Waals surface area contributed by atoms with Gasteiger partial charge in [0.25, 0.3) is 0 Å². The molecule has 1 amide bonds. The van der Waals surface area contributed by atoms with E-state index in [4.69, 9.17) is 9.47 Å². The SMILES string of the molecule is CCc1ccccc1OCc1cc(Br)cc(-c2cccc(C(C)NC(=O)OC(C)(C)C)c2)c1. The number of hydrogen-bond donors (Lipinski definition) is 1. The number of alkyl carbamates (subject to hydrolysis) is 1. The number of aryl methyl sites for hydroxylation is 1. The predicted octanol–water partition coefficient (Wildman–Crippen LogP) is 7.84. The molecule has 1 N–H and O–H groups in total. The van der Waals surface area contributed by atoms with E-state index in [1.165, 1.54) is 5.56 Å². The van der Waals surface area contributed by atoms with Crippen molar-refractivity contribution in [1.29, 1.82) is 0 Å². The largest absolute Gasteiger partial charge is 0.489 e. The summed E-state index contributed by atoms with van der Waals surface area (Å²) < 4.78 is 12.5. The Hall–Kier alpha value is -2.79. The number of hydrogen-bond acceptors (Lipinski definition) is 3. The minimum atomic E-state index is -0.530. The first kappa shape index (κ1) is 24.8. The molecule has 0 fully saturated rings. The quantitative estimate of drug-likeness (QED) is 0.352. The Kier molecular flexibility index (Phi) is 8.20. The van der Waals surface area contributed by atoms with E-state index in [0.717, 1.165) is 38.9 Å². The molecule has 0 aliphatic carbocycles. The Bertz CT molecular complexity index is 1100. The monoisotopic (exact) mass is 509 g/mol. The average molecular weight is 510 g/mol. The fraction of sp³-hybridized carbons (Fsp3) is 0.321. The second-order valence-corrected chi connectivity index (χ2v) is 10.0. The Morgan fingerprint density at radius 1 is 1.00 bits per heavy atom. The number of benzene rings is 3. The predicted molar refractivity (Wildman–Crippen MR) is 138 cm³/mol. The number of amides is 1. The van der Waals surface area contributed by atoms with Gasteiger partial charge in [0.15, 0.2) is 0 Å². The lowest BCUT2D eigenvalue weighted by molar-refractivity contribution is 0.0508. The van der Waals surface area contributed by atoms with Gasteiger partial charge in [0.1, 0.15) is 18.0 Å². The summed E-state index contributed by atoms with van der Waals surface area (Å²) in [6.07, 6.45) is 0.511. The first-order valence-corrected chi connectivity index (χ1v) is 12.0. The Balaban J connectivity index is 1.77. The molecule has 0 aromatic heterocycles. The average Bonchev–Trinajstić information content (AvgIpc) is 2.76. The molecule has 0 spiro atoms. The topological polar surface area (TPSA) is 47.6 Å². The van der Waals surface area contributed by atoms with Crippen molar-refractivity contribution in [3.05, 3.63) is 87.9 Å². The van der Waals surface area contributed by atoms with Crippen LogP contribution in [0.5, 0.6) is 5.75 Å². The van der Waals surface area contributed by atoms with Gasteiger partial charge in [-0.1, -0.05) is 59.3 Å². The van der Waals surface area contributed by atoms with Gasteiger partial charge in [-0.05, 0) is 92.3 Å². The van der Waals surface area contributed by atoms with Crippen molar-refractivity contribution in [2.75, 3.05) is 0 Å². The molecule has 3 rings (SSSR count). The Morgan fingerprint density at radius 3 is 2.48 bits per heavy atom. The summed E-state index contributed by atoms with van der Waals surface area (Å²) in [5.41, 5.74) is 4.91. The van der Waals surface area contributed by atoms with Crippen LogP contribution in [-0.2, 0) is 17.8 Å². The van der Waals surface area contributed by atoms with Crippen molar-refractivity contribution >= 4 is 22.0 Å². The number of halogens is 1. The van der Waals surface area contributed by atoms with Crippen LogP contribution < -0.4 is 10.1 Å². The van der Waals surface area contributed by atoms with E-state index < -0.39 is 11.7 Å². The van der Waals surface area contributed by atoms with Crippen molar-refractivity contribution < 1.29 is 14.3 Å². The molecule has 0 bridgehead atoms. The van der Waals surface area contributed by atoms with Gasteiger partial charge in [0.05, 0.1) is 6.04 Å². The molecule has 0 aliphatic heterocycles. The van der Waals surface area contributed by atoms with Gasteiger partial charge in [-0.25, -0.2) is 4.79 Å². The van der Waals surface area contributed by atoms with Crippen molar-refractivity contribution in [3.63, 3.8) is 0 Å². The van der Waals surface area contributed by atoms with E-state index in [2.05, 4.69) is 64.6 Å². The maximum Gasteiger partial charge on any atom is 0.408 e. The van der Waals surface area contributed by atoms with Gasteiger partial charge in [0, 0.05) is 4.47 Å². The highest BCUT2D eigenvalue weighted by Gasteiger charge is 2.18. The minimum absolute atomic E-state index is 0.180. The van der Waals surface area contributed by atoms with Crippen LogP contribution >= 0.6 is 15.9 Å². The number of carbonyl (C=O) groups excluding carboxylic acids is 1. The molecular formula is C28H32BrNO3. The third-order valence-electron chi connectivity index (χ3n) is 5.16. The number of rotatable bonds is 7. The molecule has 5 heteroatoms. The van der Waals surface area contributed by atoms with Gasteiger partial charge in [-0.2, -0.15) is 0 Å². The molecule has 0 heterocycles. The number of nitrogens with one attached hydrogen (secondary N) is 1. The second kappa shape index (κ2) is 10.9. The van der Waals surface area contributed by atoms with Crippen LogP contribution in [0.4, 0.5) is 4.79 Å². The molecule has 0 saturated carbocycles. The van der Waals surface area contributed by atoms with E-state index in [9.17, 15) is 4.79 Å². The smallest absolute Gasteiger partial charge is 0.408 e. The zero-order chi connectivity index (χ0) is 24.0. The van der Waals surface area contributed by atoms with Gasteiger partial charge in [-0.15, -0.1) is 0 Å². The van der Waals surface area contributed by atoms with Crippen LogP contribution in [0.25, 0.3) is 11.1 Å². The third-order valence-corrected chi connectivity index (χ3v) is 5.62. The zero-order valence-electron chi connectivity index (χ0n) is 19.9. The molecule has 4 nitrogen and oxygen atoms in total. The lowest BCUT2D eigenvalue weighted by Gasteiger charge is -2.22. The van der Waals surface area contributed by atoms with Crippen LogP contribution in [0.3, 0.4) is 0 Å². The minimum Gasteiger partial charge on any atom is -0.489 e. The van der Waals surface area contributed by atoms with Gasteiger partial charge >= 0.3 is 6.09 Å². The van der Waals surface area contributed by atoms with Crippen molar-refractivity contribution in [2.45, 2.75) is 59.3 Å². The third kappa shape index (κ3) is 7.36. The summed E-state index contributed by atoms with van der Waals surface area (Å²) in [6.45, 7) is 10.1. The van der Waals surface area contributed by atoms with Crippen LogP contribution in [0.2, 0.25) is 0 Å². The summed E-state index contributed by atoms with van der Waals surface area (Å²) in [7, 11) is 0. The van der Waals surface area contributed by atoms with E-state index in [0.29, 0.717) is 6.61 Å². The molecule has 0 saturated heterocycles. The maximum absolute atomic E-state index is 12.2. The normalized spacial score (nSPS) is 12.2. The molecule has 3 aromatic carbocycles. The van der Waals surface area contributed by atoms with Crippen LogP contribution in [0.1, 0.15) is 57.4 Å². The standard InChI is InChI=1S/C28H32BrNO3/c1-6-21-10-7-8-13-26(21)32-18-20-14-24(17-25(29)15-20)23-12-9-11-22(16-23)19(2)30-27(31)33-28(3,4)5/h7-17,19H,6,18H2,1-5H3,(H,30,31). The number of ether oxygens (including phenoxy) is 2. The molecule has 0 radical (unpaired) electrons. The molecule has 174 valence electrons. The Morgan fingerprint density at radius 2 is 1.76 bits per heavy atom. The summed E-state index contributed by atoms with van der Waals surface area (Å²) in [4.78, 5) is 12.2. The Labute approximate surface area is 205 Å². The van der Waals surface area contributed by atoms with Crippen LogP contribution in [0, 0.1) is 0 Å². The first-order valence-electron chi connectivity index (χ1n) is 11.2. The van der Waals surface area contributed by atoms with Crippen LogP contribution in [-0.4, -0.2) is 11.7 Å². The highest BCUT2D eigenvalue weighted by atomic mass is 79.9. The lowest BCUT2D eigenvalue weighted by Crippen LogP contribution is -2.34. The van der Waals surface area contributed by atoms with E-state index in [-0.39, 0.29) is 6.04 Å². The highest BCUT2D eigenvalue weighted by Crippen LogP contribution is 2.29. The summed E-state index contributed by atoms with van der Waals surface area (Å²) >= 11 is 3.64. The van der Waals surface area contributed by atoms with E-state index >= 15 is 0 Å². The second-order valence-electron chi connectivity index (χ2n) is 9.09. The summed E-state index contributed by atoms with van der Waals surface area (Å²) in [5, 5.41) is 2.91. The molecule has 33 heavy (non-hydrogen) atoms. The maximum atomic E-state index is 12.2. The number of para-hydroxylation sites is 1. The highest BCUT2D eigenvalue weighted by molar-refractivity contribution is 9.10. The summed E-state index contributed by atoms with van der Waals surface area (Å²) in [6, 6.07) is 22.5. The lowest BCUT2D eigenvalue weighted by atomic mass is 9.99. The van der Waals surface area contributed by atoms with Gasteiger partial charge < -0.3 is 14.8 Å². The fourth-order valence-corrected chi connectivity index (χ4v) is 4.09. The molecule has 0 aliphatic rings. The molecule has 1 atom stereocenters. The molecule has 3 aromatic rings. The van der Waals surface area contributed by atoms with E-state index in [1.807, 2.05) is 58.0 Å². The first-order chi connectivity index (χ1) is 15.6. The van der Waals surface area contributed by atoms with Crippen molar-refractivity contribution in [2.24, 2.45) is 0 Å². The number of carbonyl (C=O) groups is 1. The zero-order valence-corrected chi connectivity index (χ0v) is 21.5. The molecule has 1 unspecified atom stereocenters.